The van der Waals surface area contributed by atoms with Gasteiger partial charge in [-0.3, -0.25) is 4.90 Å². The molecule has 1 aromatic carbocycles. The van der Waals surface area contributed by atoms with Crippen molar-refractivity contribution in [2.75, 3.05) is 37.9 Å². The predicted octanol–water partition coefficient (Wildman–Crippen LogP) is 1.58. The van der Waals surface area contributed by atoms with E-state index in [0.29, 0.717) is 23.3 Å². The summed E-state index contributed by atoms with van der Waals surface area (Å²) in [4.78, 5) is 16.5. The molecular weight excluding hydrogens is 254 g/mol. The standard InChI is InChI=1S/C15H23N3O2/c1-10-8-18(9-11(2)17(10)3)14-6-5-12(16)7-13(14)15(19)20-4/h5-7,10-11H,8-9,16H2,1-4H3. The molecule has 20 heavy (non-hydrogen) atoms. The molecule has 5 heteroatoms. The van der Waals surface area contributed by atoms with Gasteiger partial charge in [-0.05, 0) is 39.1 Å². The second kappa shape index (κ2) is 5.71. The Morgan fingerprint density at radius 1 is 1.30 bits per heavy atom. The molecule has 1 aromatic rings. The summed E-state index contributed by atoms with van der Waals surface area (Å²) in [5, 5.41) is 0. The minimum absolute atomic E-state index is 0.341. The van der Waals surface area contributed by atoms with Gasteiger partial charge in [-0.1, -0.05) is 0 Å². The molecule has 2 N–H and O–H groups in total. The second-order valence-corrected chi connectivity index (χ2v) is 5.54. The van der Waals surface area contributed by atoms with Gasteiger partial charge in [0.2, 0.25) is 0 Å². The zero-order valence-corrected chi connectivity index (χ0v) is 12.6. The minimum Gasteiger partial charge on any atom is -0.465 e. The van der Waals surface area contributed by atoms with E-state index < -0.39 is 0 Å². The number of carbonyl (C=O) groups excluding carboxylic acids is 1. The van der Waals surface area contributed by atoms with Crippen LogP contribution in [0.1, 0.15) is 24.2 Å². The first-order valence-electron chi connectivity index (χ1n) is 6.88. The number of carbonyl (C=O) groups is 1. The molecule has 0 bridgehead atoms. The van der Waals surface area contributed by atoms with Gasteiger partial charge in [0.15, 0.2) is 0 Å². The van der Waals surface area contributed by atoms with Gasteiger partial charge in [-0.2, -0.15) is 0 Å². The van der Waals surface area contributed by atoms with E-state index in [4.69, 9.17) is 10.5 Å². The molecule has 0 saturated carbocycles. The van der Waals surface area contributed by atoms with Crippen LogP contribution in [0.3, 0.4) is 0 Å². The number of nitrogens with two attached hydrogens (primary N) is 1. The average Bonchev–Trinajstić information content (AvgIpc) is 2.43. The highest BCUT2D eigenvalue weighted by Gasteiger charge is 2.28. The third-order valence-corrected chi connectivity index (χ3v) is 4.13. The van der Waals surface area contributed by atoms with Crippen LogP contribution >= 0.6 is 0 Å². The lowest BCUT2D eigenvalue weighted by molar-refractivity contribution is 0.0601. The van der Waals surface area contributed by atoms with Gasteiger partial charge in [0, 0.05) is 30.9 Å². The summed E-state index contributed by atoms with van der Waals surface area (Å²) in [6.07, 6.45) is 0. The quantitative estimate of drug-likeness (QED) is 0.657. The van der Waals surface area contributed by atoms with Gasteiger partial charge in [-0.15, -0.1) is 0 Å². The lowest BCUT2D eigenvalue weighted by Gasteiger charge is -2.43. The van der Waals surface area contributed by atoms with E-state index in [-0.39, 0.29) is 5.97 Å². The summed E-state index contributed by atoms with van der Waals surface area (Å²) in [6, 6.07) is 6.29. The lowest BCUT2D eigenvalue weighted by atomic mass is 10.1. The summed E-state index contributed by atoms with van der Waals surface area (Å²) in [5.41, 5.74) is 7.80. The van der Waals surface area contributed by atoms with Crippen molar-refractivity contribution < 1.29 is 9.53 Å². The van der Waals surface area contributed by atoms with Crippen molar-refractivity contribution in [1.82, 2.24) is 4.90 Å². The van der Waals surface area contributed by atoms with Crippen LogP contribution in [-0.4, -0.2) is 50.2 Å². The first kappa shape index (κ1) is 14.7. The molecule has 110 valence electrons. The highest BCUT2D eigenvalue weighted by atomic mass is 16.5. The Hall–Kier alpha value is -1.75. The number of benzene rings is 1. The molecule has 2 atom stereocenters. The zero-order valence-electron chi connectivity index (χ0n) is 12.6. The van der Waals surface area contributed by atoms with Crippen LogP contribution < -0.4 is 10.6 Å². The summed E-state index contributed by atoms with van der Waals surface area (Å²) in [7, 11) is 3.53. The molecule has 2 unspecified atom stereocenters. The molecule has 0 aromatic heterocycles. The van der Waals surface area contributed by atoms with Crippen molar-refractivity contribution in [3.63, 3.8) is 0 Å². The van der Waals surface area contributed by atoms with Crippen LogP contribution in [0.25, 0.3) is 0 Å². The minimum atomic E-state index is -0.341. The van der Waals surface area contributed by atoms with Crippen LogP contribution in [0.5, 0.6) is 0 Å². The number of nitrogens with zero attached hydrogens (tertiary/aromatic N) is 2. The lowest BCUT2D eigenvalue weighted by Crippen LogP contribution is -2.55. The fraction of sp³-hybridized carbons (Fsp3) is 0.533. The molecule has 1 fully saturated rings. The van der Waals surface area contributed by atoms with E-state index in [1.54, 1.807) is 6.07 Å². The maximum Gasteiger partial charge on any atom is 0.340 e. The molecule has 0 aliphatic carbocycles. The smallest absolute Gasteiger partial charge is 0.340 e. The fourth-order valence-corrected chi connectivity index (χ4v) is 2.70. The molecule has 1 aliphatic heterocycles. The first-order valence-corrected chi connectivity index (χ1v) is 6.88. The van der Waals surface area contributed by atoms with Crippen LogP contribution in [-0.2, 0) is 4.74 Å². The number of nitrogen functional groups attached to an aromatic ring is 1. The topological polar surface area (TPSA) is 58.8 Å². The monoisotopic (exact) mass is 277 g/mol. The fourth-order valence-electron chi connectivity index (χ4n) is 2.70. The molecule has 1 heterocycles. The molecule has 1 saturated heterocycles. The second-order valence-electron chi connectivity index (χ2n) is 5.54. The molecule has 1 aliphatic rings. The molecule has 0 spiro atoms. The van der Waals surface area contributed by atoms with Gasteiger partial charge >= 0.3 is 5.97 Å². The van der Waals surface area contributed by atoms with Gasteiger partial charge < -0.3 is 15.4 Å². The maximum atomic E-state index is 11.9. The molecule has 0 radical (unpaired) electrons. The Bertz CT molecular complexity index is 492. The van der Waals surface area contributed by atoms with E-state index in [2.05, 4.69) is 30.7 Å². The Morgan fingerprint density at radius 2 is 1.90 bits per heavy atom. The van der Waals surface area contributed by atoms with Crippen LogP contribution in [0.15, 0.2) is 18.2 Å². The van der Waals surface area contributed by atoms with Gasteiger partial charge in [0.1, 0.15) is 0 Å². The zero-order chi connectivity index (χ0) is 14.9. The Kier molecular flexibility index (Phi) is 4.18. The largest absolute Gasteiger partial charge is 0.465 e. The Labute approximate surface area is 120 Å². The highest BCUT2D eigenvalue weighted by molar-refractivity contribution is 5.97. The van der Waals surface area contributed by atoms with Gasteiger partial charge in [0.05, 0.1) is 18.4 Å². The van der Waals surface area contributed by atoms with Crippen molar-refractivity contribution >= 4 is 17.3 Å². The first-order chi connectivity index (χ1) is 9.43. The number of rotatable bonds is 2. The number of piperazine rings is 1. The van der Waals surface area contributed by atoms with E-state index in [9.17, 15) is 4.79 Å². The number of hydrogen-bond acceptors (Lipinski definition) is 5. The third-order valence-electron chi connectivity index (χ3n) is 4.13. The van der Waals surface area contributed by atoms with Crippen molar-refractivity contribution in [3.8, 4) is 0 Å². The summed E-state index contributed by atoms with van der Waals surface area (Å²) >= 11 is 0. The van der Waals surface area contributed by atoms with E-state index in [1.807, 2.05) is 12.1 Å². The predicted molar refractivity (Wildman–Crippen MR) is 81.1 cm³/mol. The van der Waals surface area contributed by atoms with Crippen LogP contribution in [0.4, 0.5) is 11.4 Å². The van der Waals surface area contributed by atoms with E-state index in [1.165, 1.54) is 7.11 Å². The number of likely N-dealkylation sites (N-methyl/N-ethyl adjacent to an activating group) is 1. The SMILES string of the molecule is COC(=O)c1cc(N)ccc1N1CC(C)N(C)C(C)C1. The van der Waals surface area contributed by atoms with Crippen LogP contribution in [0.2, 0.25) is 0 Å². The highest BCUT2D eigenvalue weighted by Crippen LogP contribution is 2.27. The Balaban J connectivity index is 2.35. The van der Waals surface area contributed by atoms with Gasteiger partial charge in [0.25, 0.3) is 0 Å². The van der Waals surface area contributed by atoms with Crippen molar-refractivity contribution in [2.24, 2.45) is 0 Å². The molecular formula is C15H23N3O2. The summed E-state index contributed by atoms with van der Waals surface area (Å²) in [5.74, 6) is -0.341. The number of esters is 1. The molecule has 5 nitrogen and oxygen atoms in total. The normalized spacial score (nSPS) is 23.7. The number of ether oxygens (including phenoxy) is 1. The Morgan fingerprint density at radius 3 is 2.45 bits per heavy atom. The summed E-state index contributed by atoms with van der Waals surface area (Å²) < 4.78 is 4.87. The molecule has 0 amide bonds. The average molecular weight is 277 g/mol. The maximum absolute atomic E-state index is 11.9. The van der Waals surface area contributed by atoms with Crippen LogP contribution in [0, 0.1) is 0 Å². The summed E-state index contributed by atoms with van der Waals surface area (Å²) in [6.45, 7) is 6.15. The number of hydrogen-bond donors (Lipinski definition) is 1. The van der Waals surface area contributed by atoms with Crippen molar-refractivity contribution in [1.29, 1.82) is 0 Å². The van der Waals surface area contributed by atoms with E-state index >= 15 is 0 Å². The van der Waals surface area contributed by atoms with Gasteiger partial charge in [-0.25, -0.2) is 4.79 Å². The third kappa shape index (κ3) is 2.72. The van der Waals surface area contributed by atoms with Crippen molar-refractivity contribution in [3.05, 3.63) is 23.8 Å². The number of anilines is 2. The van der Waals surface area contributed by atoms with Crippen molar-refractivity contribution in [2.45, 2.75) is 25.9 Å². The molecule has 2 rings (SSSR count). The number of methoxy groups -OCH3 is 1. The van der Waals surface area contributed by atoms with E-state index in [0.717, 1.165) is 18.8 Å².